The summed E-state index contributed by atoms with van der Waals surface area (Å²) >= 11 is 0. The van der Waals surface area contributed by atoms with Gasteiger partial charge in [-0.05, 0) is 13.0 Å². The van der Waals surface area contributed by atoms with Gasteiger partial charge in [-0.25, -0.2) is 4.98 Å². The van der Waals surface area contributed by atoms with Gasteiger partial charge < -0.3 is 4.42 Å². The van der Waals surface area contributed by atoms with Crippen molar-refractivity contribution in [3.63, 3.8) is 0 Å². The summed E-state index contributed by atoms with van der Waals surface area (Å²) in [5.74, 6) is 2.46. The number of aromatic nitrogens is 3. The quantitative estimate of drug-likeness (QED) is 0.762. The second kappa shape index (κ2) is 3.05. The van der Waals surface area contributed by atoms with Gasteiger partial charge in [0, 0.05) is 6.42 Å². The lowest BCUT2D eigenvalue weighted by atomic mass is 10.2. The van der Waals surface area contributed by atoms with E-state index in [1.54, 1.807) is 6.26 Å². The van der Waals surface area contributed by atoms with Crippen LogP contribution in [0.3, 0.4) is 0 Å². The molecule has 4 heteroatoms. The Balaban J connectivity index is 2.45. The van der Waals surface area contributed by atoms with Gasteiger partial charge in [-0.1, -0.05) is 6.92 Å². The minimum atomic E-state index is 0.711. The zero-order chi connectivity index (χ0) is 9.26. The lowest BCUT2D eigenvalue weighted by Gasteiger charge is -1.92. The Labute approximate surface area is 76.0 Å². The smallest absolute Gasteiger partial charge is 0.184 e. The second-order valence-corrected chi connectivity index (χ2v) is 2.86. The van der Waals surface area contributed by atoms with Gasteiger partial charge in [0.15, 0.2) is 5.82 Å². The van der Waals surface area contributed by atoms with E-state index in [1.807, 2.05) is 19.9 Å². The molecule has 2 aromatic rings. The highest BCUT2D eigenvalue weighted by molar-refractivity contribution is 5.56. The van der Waals surface area contributed by atoms with Crippen molar-refractivity contribution >= 4 is 0 Å². The minimum absolute atomic E-state index is 0.711. The number of nitrogens with zero attached hydrogens (tertiary/aromatic N) is 2. The Hall–Kier alpha value is -1.58. The van der Waals surface area contributed by atoms with Gasteiger partial charge in [-0.15, -0.1) is 0 Å². The second-order valence-electron chi connectivity index (χ2n) is 2.86. The molecule has 0 amide bonds. The Morgan fingerprint density at radius 3 is 3.00 bits per heavy atom. The summed E-state index contributed by atoms with van der Waals surface area (Å²) in [6.07, 6.45) is 2.52. The largest absolute Gasteiger partial charge is 0.469 e. The van der Waals surface area contributed by atoms with Crippen molar-refractivity contribution in [1.29, 1.82) is 0 Å². The van der Waals surface area contributed by atoms with Gasteiger partial charge in [-0.3, -0.25) is 5.10 Å². The molecule has 2 rings (SSSR count). The fourth-order valence-corrected chi connectivity index (χ4v) is 1.28. The topological polar surface area (TPSA) is 54.7 Å². The SMILES string of the molecule is CCc1occc1-c1n[nH]c(C)n1. The molecule has 0 atom stereocenters. The molecular formula is C9H11N3O. The molecule has 4 nitrogen and oxygen atoms in total. The minimum Gasteiger partial charge on any atom is -0.469 e. The van der Waals surface area contributed by atoms with Crippen molar-refractivity contribution < 1.29 is 4.42 Å². The molecule has 2 heterocycles. The number of nitrogens with one attached hydrogen (secondary N) is 1. The number of furan rings is 1. The van der Waals surface area contributed by atoms with Crippen molar-refractivity contribution in [2.45, 2.75) is 20.3 Å². The predicted octanol–water partition coefficient (Wildman–Crippen LogP) is 1.94. The fraction of sp³-hybridized carbons (Fsp3) is 0.333. The third kappa shape index (κ3) is 1.35. The summed E-state index contributed by atoms with van der Waals surface area (Å²) in [6, 6.07) is 1.89. The Morgan fingerprint density at radius 2 is 2.38 bits per heavy atom. The van der Waals surface area contributed by atoms with Crippen LogP contribution in [0, 0.1) is 6.92 Å². The summed E-state index contributed by atoms with van der Waals surface area (Å²) in [5, 5.41) is 6.88. The van der Waals surface area contributed by atoms with Crippen LogP contribution in [0.5, 0.6) is 0 Å². The number of aryl methyl sites for hydroxylation is 2. The molecule has 0 saturated heterocycles. The molecule has 0 aliphatic carbocycles. The molecule has 68 valence electrons. The zero-order valence-corrected chi connectivity index (χ0v) is 7.66. The van der Waals surface area contributed by atoms with Crippen LogP contribution in [0.2, 0.25) is 0 Å². The monoisotopic (exact) mass is 177 g/mol. The molecular weight excluding hydrogens is 166 g/mol. The van der Waals surface area contributed by atoms with Crippen LogP contribution in [-0.2, 0) is 6.42 Å². The Kier molecular flexibility index (Phi) is 1.88. The van der Waals surface area contributed by atoms with Gasteiger partial charge in [0.05, 0.1) is 11.8 Å². The van der Waals surface area contributed by atoms with Crippen LogP contribution in [0.4, 0.5) is 0 Å². The van der Waals surface area contributed by atoms with Gasteiger partial charge in [0.25, 0.3) is 0 Å². The highest BCUT2D eigenvalue weighted by Crippen LogP contribution is 2.21. The van der Waals surface area contributed by atoms with Crippen LogP contribution in [0.25, 0.3) is 11.4 Å². The molecule has 0 fully saturated rings. The molecule has 0 aliphatic rings. The first-order valence-corrected chi connectivity index (χ1v) is 4.27. The molecule has 0 aromatic carbocycles. The first-order chi connectivity index (χ1) is 6.31. The number of rotatable bonds is 2. The number of hydrogen-bond donors (Lipinski definition) is 1. The van der Waals surface area contributed by atoms with Crippen LogP contribution in [-0.4, -0.2) is 15.2 Å². The van der Waals surface area contributed by atoms with Gasteiger partial charge >= 0.3 is 0 Å². The van der Waals surface area contributed by atoms with Crippen LogP contribution in [0.1, 0.15) is 18.5 Å². The van der Waals surface area contributed by atoms with Gasteiger partial charge in [0.2, 0.25) is 0 Å². The first-order valence-electron chi connectivity index (χ1n) is 4.27. The summed E-state index contributed by atoms with van der Waals surface area (Å²) in [4.78, 5) is 4.24. The standard InChI is InChI=1S/C9H11N3O/c1-3-8-7(4-5-13-8)9-10-6(2)11-12-9/h4-5H,3H2,1-2H3,(H,10,11,12). The number of H-pyrrole nitrogens is 1. The average Bonchev–Trinajstić information content (AvgIpc) is 2.71. The summed E-state index contributed by atoms with van der Waals surface area (Å²) in [7, 11) is 0. The molecule has 0 spiro atoms. The predicted molar refractivity (Wildman–Crippen MR) is 48.2 cm³/mol. The Morgan fingerprint density at radius 1 is 1.54 bits per heavy atom. The van der Waals surface area contributed by atoms with E-state index in [2.05, 4.69) is 15.2 Å². The van der Waals surface area contributed by atoms with E-state index in [0.29, 0.717) is 5.82 Å². The third-order valence-corrected chi connectivity index (χ3v) is 1.90. The Bertz CT molecular complexity index is 402. The molecule has 2 aromatic heterocycles. The molecule has 1 N–H and O–H groups in total. The third-order valence-electron chi connectivity index (χ3n) is 1.90. The van der Waals surface area contributed by atoms with Gasteiger partial charge in [-0.2, -0.15) is 5.10 Å². The normalized spacial score (nSPS) is 10.6. The summed E-state index contributed by atoms with van der Waals surface area (Å²) < 4.78 is 5.28. The van der Waals surface area contributed by atoms with E-state index in [1.165, 1.54) is 0 Å². The number of hydrogen-bond acceptors (Lipinski definition) is 3. The average molecular weight is 177 g/mol. The highest BCUT2D eigenvalue weighted by Gasteiger charge is 2.10. The lowest BCUT2D eigenvalue weighted by Crippen LogP contribution is -1.83. The maximum Gasteiger partial charge on any atom is 0.184 e. The van der Waals surface area contributed by atoms with E-state index < -0.39 is 0 Å². The van der Waals surface area contributed by atoms with Crippen molar-refractivity contribution in [2.75, 3.05) is 0 Å². The van der Waals surface area contributed by atoms with E-state index in [0.717, 1.165) is 23.6 Å². The maximum atomic E-state index is 5.28. The van der Waals surface area contributed by atoms with E-state index >= 15 is 0 Å². The van der Waals surface area contributed by atoms with Crippen molar-refractivity contribution in [3.8, 4) is 11.4 Å². The first kappa shape index (κ1) is 8.04. The molecule has 0 saturated carbocycles. The van der Waals surface area contributed by atoms with E-state index in [4.69, 9.17) is 4.42 Å². The summed E-state index contributed by atoms with van der Waals surface area (Å²) in [5.41, 5.74) is 0.979. The van der Waals surface area contributed by atoms with Crippen molar-refractivity contribution in [2.24, 2.45) is 0 Å². The molecule has 13 heavy (non-hydrogen) atoms. The van der Waals surface area contributed by atoms with E-state index in [9.17, 15) is 0 Å². The van der Waals surface area contributed by atoms with Crippen molar-refractivity contribution in [3.05, 3.63) is 23.9 Å². The fourth-order valence-electron chi connectivity index (χ4n) is 1.28. The van der Waals surface area contributed by atoms with Crippen LogP contribution < -0.4 is 0 Å². The van der Waals surface area contributed by atoms with Crippen LogP contribution >= 0.6 is 0 Å². The molecule has 0 radical (unpaired) electrons. The lowest BCUT2D eigenvalue weighted by molar-refractivity contribution is 0.517. The highest BCUT2D eigenvalue weighted by atomic mass is 16.3. The van der Waals surface area contributed by atoms with E-state index in [-0.39, 0.29) is 0 Å². The molecule has 0 aliphatic heterocycles. The van der Waals surface area contributed by atoms with Gasteiger partial charge in [0.1, 0.15) is 11.6 Å². The summed E-state index contributed by atoms with van der Waals surface area (Å²) in [6.45, 7) is 3.92. The zero-order valence-electron chi connectivity index (χ0n) is 7.66. The molecule has 0 bridgehead atoms. The maximum absolute atomic E-state index is 5.28. The number of aromatic amines is 1. The van der Waals surface area contributed by atoms with Crippen molar-refractivity contribution in [1.82, 2.24) is 15.2 Å². The van der Waals surface area contributed by atoms with Crippen LogP contribution in [0.15, 0.2) is 16.7 Å². The molecule has 0 unspecified atom stereocenters.